The van der Waals surface area contributed by atoms with Crippen molar-refractivity contribution in [3.63, 3.8) is 0 Å². The highest BCUT2D eigenvalue weighted by molar-refractivity contribution is 9.10. The van der Waals surface area contributed by atoms with Crippen molar-refractivity contribution in [1.82, 2.24) is 15.2 Å². The van der Waals surface area contributed by atoms with E-state index in [9.17, 15) is 8.42 Å². The Labute approximate surface area is 131 Å². The van der Waals surface area contributed by atoms with Crippen LogP contribution in [0.3, 0.4) is 0 Å². The molecule has 0 atom stereocenters. The summed E-state index contributed by atoms with van der Waals surface area (Å²) in [6.07, 6.45) is 3.86. The van der Waals surface area contributed by atoms with Gasteiger partial charge >= 0.3 is 0 Å². The first-order chi connectivity index (χ1) is 10.0. The Kier molecular flexibility index (Phi) is 5.07. The highest BCUT2D eigenvalue weighted by Gasteiger charge is 2.21. The molecule has 2 aromatic heterocycles. The molecule has 9 heteroatoms. The molecule has 2 aromatic rings. The fraction of sp³-hybridized carbons (Fsp3) is 0.250. The maximum Gasteiger partial charge on any atom is 0.266 e. The number of rotatable bonds is 6. The lowest BCUT2D eigenvalue weighted by molar-refractivity contribution is 0.600. The van der Waals surface area contributed by atoms with E-state index in [4.69, 9.17) is 0 Å². The Morgan fingerprint density at radius 2 is 2.19 bits per heavy atom. The van der Waals surface area contributed by atoms with Gasteiger partial charge in [0.15, 0.2) is 5.82 Å². The Morgan fingerprint density at radius 3 is 2.86 bits per heavy atom. The van der Waals surface area contributed by atoms with Crippen molar-refractivity contribution in [1.29, 1.82) is 0 Å². The second-order valence-electron chi connectivity index (χ2n) is 4.14. The van der Waals surface area contributed by atoms with Gasteiger partial charge in [-0.2, -0.15) is 5.10 Å². The van der Waals surface area contributed by atoms with Crippen LogP contribution in [0.5, 0.6) is 0 Å². The zero-order chi connectivity index (χ0) is 15.3. The van der Waals surface area contributed by atoms with Gasteiger partial charge in [0, 0.05) is 23.4 Å². The quantitative estimate of drug-likeness (QED) is 0.808. The van der Waals surface area contributed by atoms with Gasteiger partial charge < -0.3 is 5.32 Å². The zero-order valence-corrected chi connectivity index (χ0v) is 13.6. The molecule has 0 bridgehead atoms. The summed E-state index contributed by atoms with van der Waals surface area (Å²) in [7, 11) is -3.80. The number of sulfonamides is 1. The summed E-state index contributed by atoms with van der Waals surface area (Å²) in [5, 5.41) is 10.3. The van der Waals surface area contributed by atoms with Crippen molar-refractivity contribution in [3.05, 3.63) is 35.1 Å². The van der Waals surface area contributed by atoms with Crippen molar-refractivity contribution in [2.24, 2.45) is 0 Å². The fourth-order valence-corrected chi connectivity index (χ4v) is 3.19. The standard InChI is InChI=1S/C12H14BrN5O2S/c1-2-5-14-12-10(7-9(13)8-15-12)21(19,20)18-11-4-3-6-16-17-11/h3-4,6-8H,2,5H2,1H3,(H,14,15)(H,17,18). The molecule has 0 saturated carbocycles. The third-order valence-corrected chi connectivity index (χ3v) is 4.26. The van der Waals surface area contributed by atoms with Gasteiger partial charge in [-0.15, -0.1) is 5.10 Å². The molecule has 0 spiro atoms. The normalized spacial score (nSPS) is 11.1. The minimum atomic E-state index is -3.80. The fourth-order valence-electron chi connectivity index (χ4n) is 1.55. The molecule has 0 aliphatic heterocycles. The minimum Gasteiger partial charge on any atom is -0.369 e. The van der Waals surface area contributed by atoms with Crippen LogP contribution < -0.4 is 10.0 Å². The van der Waals surface area contributed by atoms with Crippen LogP contribution in [-0.2, 0) is 10.0 Å². The highest BCUT2D eigenvalue weighted by atomic mass is 79.9. The van der Waals surface area contributed by atoms with Gasteiger partial charge in [0.25, 0.3) is 10.0 Å². The summed E-state index contributed by atoms with van der Waals surface area (Å²) >= 11 is 3.23. The largest absolute Gasteiger partial charge is 0.369 e. The highest BCUT2D eigenvalue weighted by Crippen LogP contribution is 2.24. The van der Waals surface area contributed by atoms with Crippen molar-refractivity contribution < 1.29 is 8.42 Å². The molecule has 2 rings (SSSR count). The SMILES string of the molecule is CCCNc1ncc(Br)cc1S(=O)(=O)Nc1cccnn1. The van der Waals surface area contributed by atoms with Crippen LogP contribution in [0.15, 0.2) is 40.0 Å². The second kappa shape index (κ2) is 6.81. The molecule has 2 N–H and O–H groups in total. The number of halogens is 1. The van der Waals surface area contributed by atoms with E-state index in [1.165, 1.54) is 18.3 Å². The minimum absolute atomic E-state index is 0.0518. The average Bonchev–Trinajstić information content (AvgIpc) is 2.46. The molecular weight excluding hydrogens is 358 g/mol. The molecule has 0 radical (unpaired) electrons. The topological polar surface area (TPSA) is 96.9 Å². The maximum atomic E-state index is 12.5. The van der Waals surface area contributed by atoms with Crippen molar-refractivity contribution in [2.45, 2.75) is 18.2 Å². The number of hydrogen-bond acceptors (Lipinski definition) is 6. The number of nitrogens with one attached hydrogen (secondary N) is 2. The molecule has 7 nitrogen and oxygen atoms in total. The Hall–Kier alpha value is -1.74. The van der Waals surface area contributed by atoms with E-state index >= 15 is 0 Å². The molecule has 0 amide bonds. The molecular formula is C12H14BrN5O2S. The Morgan fingerprint density at radius 1 is 1.38 bits per heavy atom. The second-order valence-corrected chi connectivity index (χ2v) is 6.71. The van der Waals surface area contributed by atoms with E-state index in [1.807, 2.05) is 6.92 Å². The molecule has 0 saturated heterocycles. The van der Waals surface area contributed by atoms with Crippen LogP contribution >= 0.6 is 15.9 Å². The van der Waals surface area contributed by atoms with Gasteiger partial charge in [-0.3, -0.25) is 4.72 Å². The van der Waals surface area contributed by atoms with Crippen LogP contribution in [0.1, 0.15) is 13.3 Å². The molecule has 0 unspecified atom stereocenters. The third kappa shape index (κ3) is 4.11. The first kappa shape index (κ1) is 15.6. The van der Waals surface area contributed by atoms with Gasteiger partial charge in [0.1, 0.15) is 10.7 Å². The van der Waals surface area contributed by atoms with E-state index in [2.05, 4.69) is 41.2 Å². The molecule has 0 aromatic carbocycles. The Balaban J connectivity index is 2.36. The van der Waals surface area contributed by atoms with Crippen LogP contribution in [0.4, 0.5) is 11.6 Å². The predicted octanol–water partition coefficient (Wildman–Crippen LogP) is 2.26. The lowest BCUT2D eigenvalue weighted by Gasteiger charge is -2.12. The van der Waals surface area contributed by atoms with E-state index in [1.54, 1.807) is 12.3 Å². The first-order valence-corrected chi connectivity index (χ1v) is 8.50. The van der Waals surface area contributed by atoms with Crippen LogP contribution in [0.25, 0.3) is 0 Å². The van der Waals surface area contributed by atoms with Crippen molar-refractivity contribution >= 4 is 37.6 Å². The summed E-state index contributed by atoms with van der Waals surface area (Å²) in [4.78, 5) is 4.16. The average molecular weight is 372 g/mol. The third-order valence-electron chi connectivity index (χ3n) is 2.46. The van der Waals surface area contributed by atoms with E-state index in [0.29, 0.717) is 16.8 Å². The monoisotopic (exact) mass is 371 g/mol. The van der Waals surface area contributed by atoms with Gasteiger partial charge in [-0.25, -0.2) is 13.4 Å². The number of hydrogen-bond donors (Lipinski definition) is 2. The Bertz CT molecular complexity index is 709. The van der Waals surface area contributed by atoms with Crippen LogP contribution in [-0.4, -0.2) is 30.1 Å². The summed E-state index contributed by atoms with van der Waals surface area (Å²) in [5.41, 5.74) is 0. The first-order valence-electron chi connectivity index (χ1n) is 6.23. The lowest BCUT2D eigenvalue weighted by Crippen LogP contribution is -2.17. The molecule has 21 heavy (non-hydrogen) atoms. The van der Waals surface area contributed by atoms with Crippen molar-refractivity contribution in [3.8, 4) is 0 Å². The zero-order valence-electron chi connectivity index (χ0n) is 11.2. The summed E-state index contributed by atoms with van der Waals surface area (Å²) < 4.78 is 27.9. The maximum absolute atomic E-state index is 12.5. The van der Waals surface area contributed by atoms with Crippen molar-refractivity contribution in [2.75, 3.05) is 16.6 Å². The summed E-state index contributed by atoms with van der Waals surface area (Å²) in [6, 6.07) is 4.61. The van der Waals surface area contributed by atoms with Crippen LogP contribution in [0.2, 0.25) is 0 Å². The summed E-state index contributed by atoms with van der Waals surface area (Å²) in [5.74, 6) is 0.454. The molecule has 0 aliphatic carbocycles. The van der Waals surface area contributed by atoms with E-state index in [-0.39, 0.29) is 10.7 Å². The lowest BCUT2D eigenvalue weighted by atomic mass is 10.4. The van der Waals surface area contributed by atoms with Gasteiger partial charge in [-0.1, -0.05) is 6.92 Å². The molecule has 0 fully saturated rings. The number of nitrogens with zero attached hydrogens (tertiary/aromatic N) is 3. The summed E-state index contributed by atoms with van der Waals surface area (Å²) in [6.45, 7) is 2.61. The smallest absolute Gasteiger partial charge is 0.266 e. The number of pyridine rings is 1. The number of aromatic nitrogens is 3. The van der Waals surface area contributed by atoms with E-state index in [0.717, 1.165) is 6.42 Å². The van der Waals surface area contributed by atoms with Gasteiger partial charge in [-0.05, 0) is 40.5 Å². The molecule has 2 heterocycles. The molecule has 112 valence electrons. The molecule has 0 aliphatic rings. The van der Waals surface area contributed by atoms with Gasteiger partial charge in [0.05, 0.1) is 0 Å². The van der Waals surface area contributed by atoms with Gasteiger partial charge in [0.2, 0.25) is 0 Å². The number of anilines is 2. The van der Waals surface area contributed by atoms with E-state index < -0.39 is 10.0 Å². The predicted molar refractivity (Wildman–Crippen MR) is 83.6 cm³/mol. The van der Waals surface area contributed by atoms with Crippen LogP contribution in [0, 0.1) is 0 Å².